The van der Waals surface area contributed by atoms with Crippen LogP contribution >= 0.6 is 0 Å². The van der Waals surface area contributed by atoms with Crippen molar-refractivity contribution in [2.75, 3.05) is 24.6 Å². The van der Waals surface area contributed by atoms with Crippen molar-refractivity contribution in [2.45, 2.75) is 12.8 Å². The number of amides is 1. The zero-order valence-corrected chi connectivity index (χ0v) is 11.4. The van der Waals surface area contributed by atoms with E-state index in [2.05, 4.69) is 9.68 Å². The van der Waals surface area contributed by atoms with Gasteiger partial charge in [-0.1, -0.05) is 0 Å². The molecule has 1 saturated heterocycles. The van der Waals surface area contributed by atoms with Gasteiger partial charge in [0.05, 0.1) is 6.54 Å². The molecule has 0 atom stereocenters. The van der Waals surface area contributed by atoms with E-state index in [0.717, 1.165) is 24.3 Å². The first-order valence-corrected chi connectivity index (χ1v) is 8.04. The smallest absolute Gasteiger partial charge is 0.267 e. The summed E-state index contributed by atoms with van der Waals surface area (Å²) in [6.45, 7) is 0.885. The number of hydrogen-bond acceptors (Lipinski definition) is 3. The van der Waals surface area contributed by atoms with E-state index in [0.29, 0.717) is 18.8 Å². The van der Waals surface area contributed by atoms with Crippen LogP contribution < -0.4 is 5.32 Å². The minimum absolute atomic E-state index is 0.112. The Labute approximate surface area is 108 Å². The van der Waals surface area contributed by atoms with Crippen LogP contribution in [0.2, 0.25) is 0 Å². The summed E-state index contributed by atoms with van der Waals surface area (Å²) in [6, 6.07) is 3.60. The molecule has 6 heteroatoms. The van der Waals surface area contributed by atoms with E-state index in [4.69, 9.17) is 0 Å². The van der Waals surface area contributed by atoms with E-state index in [1.165, 1.54) is 0 Å². The summed E-state index contributed by atoms with van der Waals surface area (Å²) >= 11 is 0. The number of nitrogens with zero attached hydrogens (tertiary/aromatic N) is 2. The molecule has 18 heavy (non-hydrogen) atoms. The van der Waals surface area contributed by atoms with E-state index in [1.54, 1.807) is 10.6 Å². The minimum Gasteiger partial charge on any atom is -0.349 e. The minimum atomic E-state index is -1.95. The van der Waals surface area contributed by atoms with Crippen molar-refractivity contribution in [1.29, 1.82) is 0 Å². The van der Waals surface area contributed by atoms with Crippen LogP contribution in [0.5, 0.6) is 0 Å². The molecule has 2 rings (SSSR count). The van der Waals surface area contributed by atoms with Gasteiger partial charge in [-0.15, -0.1) is 0 Å². The molecule has 1 fully saturated rings. The molecule has 1 N–H and O–H groups in total. The molecule has 100 valence electrons. The van der Waals surface area contributed by atoms with Gasteiger partial charge in [-0.2, -0.15) is 0 Å². The van der Waals surface area contributed by atoms with Gasteiger partial charge in [0.15, 0.2) is 0 Å². The Balaban J connectivity index is 1.81. The molecule has 1 aliphatic rings. The first kappa shape index (κ1) is 13.1. The molecule has 0 saturated carbocycles. The Morgan fingerprint density at radius 1 is 1.50 bits per heavy atom. The maximum atomic E-state index is 12.0. The third kappa shape index (κ3) is 3.13. The lowest BCUT2D eigenvalue weighted by Gasteiger charge is -2.05. The molecule has 1 aromatic heterocycles. The summed E-state index contributed by atoms with van der Waals surface area (Å²) in [5.41, 5.74) is 0.625. The van der Waals surface area contributed by atoms with Gasteiger partial charge in [0, 0.05) is 41.0 Å². The Kier molecular flexibility index (Phi) is 4.06. The lowest BCUT2D eigenvalue weighted by Crippen LogP contribution is -2.27. The molecule has 1 aliphatic heterocycles. The van der Waals surface area contributed by atoms with Crippen molar-refractivity contribution >= 4 is 15.6 Å². The van der Waals surface area contributed by atoms with Crippen LogP contribution in [0.25, 0.3) is 0 Å². The van der Waals surface area contributed by atoms with Crippen molar-refractivity contribution in [1.82, 2.24) is 9.88 Å². The highest BCUT2D eigenvalue weighted by atomic mass is 32.2. The Morgan fingerprint density at radius 3 is 2.83 bits per heavy atom. The predicted octanol–water partition coefficient (Wildman–Crippen LogP) is 1.02. The average Bonchev–Trinajstić information content (AvgIpc) is 2.94. The number of nitrogens with one attached hydrogen (secondary N) is 1. The topological polar surface area (TPSA) is 63.5 Å². The van der Waals surface area contributed by atoms with E-state index >= 15 is 0 Å². The molecule has 0 unspecified atom stereocenters. The van der Waals surface area contributed by atoms with Gasteiger partial charge in [0.1, 0.15) is 5.69 Å². The Bertz CT molecular complexity index is 529. The molecule has 0 bridgehead atoms. The highest BCUT2D eigenvalue weighted by Gasteiger charge is 2.15. The third-order valence-corrected chi connectivity index (χ3v) is 5.58. The highest BCUT2D eigenvalue weighted by molar-refractivity contribution is 7.93. The fourth-order valence-corrected chi connectivity index (χ4v) is 4.25. The summed E-state index contributed by atoms with van der Waals surface area (Å²) in [5.74, 6) is 1.33. The first-order chi connectivity index (χ1) is 8.61. The summed E-state index contributed by atoms with van der Waals surface area (Å²) in [5, 5.41) is 2.79. The first-order valence-electron chi connectivity index (χ1n) is 6.18. The van der Waals surface area contributed by atoms with Crippen LogP contribution in [0.15, 0.2) is 22.7 Å². The summed E-state index contributed by atoms with van der Waals surface area (Å²) < 4.78 is 18.0. The van der Waals surface area contributed by atoms with E-state index in [9.17, 15) is 9.00 Å². The van der Waals surface area contributed by atoms with Crippen LogP contribution in [0.1, 0.15) is 23.3 Å². The lowest BCUT2D eigenvalue weighted by molar-refractivity contribution is 0.0947. The van der Waals surface area contributed by atoms with Crippen LogP contribution in [0, 0.1) is 0 Å². The quantitative estimate of drug-likeness (QED) is 0.829. The summed E-state index contributed by atoms with van der Waals surface area (Å²) in [7, 11) is -0.117. The predicted molar refractivity (Wildman–Crippen MR) is 72.2 cm³/mol. The van der Waals surface area contributed by atoms with Gasteiger partial charge < -0.3 is 9.88 Å². The monoisotopic (exact) mass is 269 g/mol. The van der Waals surface area contributed by atoms with E-state index in [1.807, 2.05) is 19.3 Å². The SMILES string of the molecule is Cn1cccc1C(=O)NCCN=S1(=O)CCCC1. The van der Waals surface area contributed by atoms with Crippen molar-refractivity contribution in [3.63, 3.8) is 0 Å². The molecule has 1 amide bonds. The number of aryl methyl sites for hydroxylation is 1. The molecule has 0 aliphatic carbocycles. The number of hydrogen-bond donors (Lipinski definition) is 1. The van der Waals surface area contributed by atoms with Crippen molar-refractivity contribution < 1.29 is 9.00 Å². The van der Waals surface area contributed by atoms with Crippen LogP contribution in [-0.2, 0) is 16.8 Å². The maximum absolute atomic E-state index is 12.0. The molecule has 0 radical (unpaired) electrons. The van der Waals surface area contributed by atoms with Gasteiger partial charge >= 0.3 is 0 Å². The van der Waals surface area contributed by atoms with E-state index < -0.39 is 9.73 Å². The number of carbonyl (C=O) groups excluding carboxylic acids is 1. The fraction of sp³-hybridized carbons (Fsp3) is 0.583. The molecule has 5 nitrogen and oxygen atoms in total. The Hall–Kier alpha value is -1.30. The van der Waals surface area contributed by atoms with E-state index in [-0.39, 0.29) is 5.91 Å². The zero-order chi connectivity index (χ0) is 13.0. The van der Waals surface area contributed by atoms with Crippen LogP contribution in [-0.4, -0.2) is 39.3 Å². The van der Waals surface area contributed by atoms with Gasteiger partial charge in [0.25, 0.3) is 5.91 Å². The molecular formula is C12H19N3O2S. The largest absolute Gasteiger partial charge is 0.349 e. The summed E-state index contributed by atoms with van der Waals surface area (Å²) in [6.07, 6.45) is 3.85. The lowest BCUT2D eigenvalue weighted by atomic mass is 10.4. The zero-order valence-electron chi connectivity index (χ0n) is 10.6. The van der Waals surface area contributed by atoms with Gasteiger partial charge in [-0.05, 0) is 25.0 Å². The van der Waals surface area contributed by atoms with Crippen LogP contribution in [0.3, 0.4) is 0 Å². The molecule has 0 spiro atoms. The second kappa shape index (κ2) is 5.56. The van der Waals surface area contributed by atoms with Gasteiger partial charge in [0.2, 0.25) is 0 Å². The second-order valence-electron chi connectivity index (χ2n) is 4.50. The second-order valence-corrected chi connectivity index (χ2v) is 7.12. The molecule has 2 heterocycles. The Morgan fingerprint density at radius 2 is 2.22 bits per heavy atom. The fourth-order valence-electron chi connectivity index (χ4n) is 2.06. The van der Waals surface area contributed by atoms with Crippen molar-refractivity contribution in [3.8, 4) is 0 Å². The number of carbonyl (C=O) groups is 1. The standard InChI is InChI=1S/C12H19N3O2S/c1-15-8-4-5-11(15)12(16)13-6-7-14-18(17)9-2-3-10-18/h4-5,8H,2-3,6-7,9-10H2,1H3,(H,13,16). The normalized spacial score (nSPS) is 17.6. The van der Waals surface area contributed by atoms with Gasteiger partial charge in [-0.25, -0.2) is 8.57 Å². The highest BCUT2D eigenvalue weighted by Crippen LogP contribution is 2.12. The molecule has 1 aromatic rings. The van der Waals surface area contributed by atoms with Gasteiger partial charge in [-0.3, -0.25) is 4.79 Å². The molecule has 0 aromatic carbocycles. The average molecular weight is 269 g/mol. The molecular weight excluding hydrogens is 250 g/mol. The van der Waals surface area contributed by atoms with Crippen LogP contribution in [0.4, 0.5) is 0 Å². The van der Waals surface area contributed by atoms with Crippen molar-refractivity contribution in [2.24, 2.45) is 11.4 Å². The summed E-state index contributed by atoms with van der Waals surface area (Å²) in [4.78, 5) is 11.8. The number of rotatable bonds is 4. The third-order valence-electron chi connectivity index (χ3n) is 3.08. The maximum Gasteiger partial charge on any atom is 0.267 e. The van der Waals surface area contributed by atoms with Crippen molar-refractivity contribution in [3.05, 3.63) is 24.0 Å². The number of aromatic nitrogens is 1.